The van der Waals surface area contributed by atoms with Crippen molar-refractivity contribution in [2.45, 2.75) is 38.5 Å². The van der Waals surface area contributed by atoms with E-state index >= 15 is 4.39 Å². The summed E-state index contributed by atoms with van der Waals surface area (Å²) in [6.07, 6.45) is 12.9. The molecule has 2 aromatic carbocycles. The summed E-state index contributed by atoms with van der Waals surface area (Å²) in [5.41, 5.74) is 4.69. The van der Waals surface area contributed by atoms with Crippen LogP contribution in [0.2, 0.25) is 5.02 Å². The first-order valence-electron chi connectivity index (χ1n) is 11.1. The van der Waals surface area contributed by atoms with Crippen LogP contribution in [-0.2, 0) is 4.79 Å². The molecule has 0 amide bonds. The Kier molecular flexibility index (Phi) is 8.51. The second-order valence-electron chi connectivity index (χ2n) is 8.12. The van der Waals surface area contributed by atoms with Crippen molar-refractivity contribution in [1.29, 1.82) is 0 Å². The van der Waals surface area contributed by atoms with Crippen LogP contribution in [0, 0.1) is 12.3 Å². The third-order valence-corrected chi connectivity index (χ3v) is 5.95. The van der Waals surface area contributed by atoms with Crippen molar-refractivity contribution in [3.05, 3.63) is 99.9 Å². The molecule has 1 fully saturated rings. The summed E-state index contributed by atoms with van der Waals surface area (Å²) in [6, 6.07) is 12.7. The van der Waals surface area contributed by atoms with Gasteiger partial charge >= 0.3 is 5.97 Å². The largest absolute Gasteiger partial charge is 0.508 e. The van der Waals surface area contributed by atoms with E-state index in [1.165, 1.54) is 36.6 Å². The number of phenols is 1. The van der Waals surface area contributed by atoms with Crippen molar-refractivity contribution in [2.75, 3.05) is 0 Å². The Labute approximate surface area is 204 Å². The van der Waals surface area contributed by atoms with Gasteiger partial charge < -0.3 is 10.2 Å². The molecule has 3 rings (SSSR count). The van der Waals surface area contributed by atoms with E-state index in [4.69, 9.17) is 23.1 Å². The summed E-state index contributed by atoms with van der Waals surface area (Å²) in [4.78, 5) is 10.9. The minimum Gasteiger partial charge on any atom is -0.508 e. The molecule has 2 N–H and O–H groups in total. The molecule has 2 aromatic rings. The average Bonchev–Trinajstić information content (AvgIpc) is 3.64. The van der Waals surface area contributed by atoms with E-state index in [-0.39, 0.29) is 17.7 Å². The minimum absolute atomic E-state index is 0.0581. The Morgan fingerprint density at radius 2 is 1.88 bits per heavy atom. The molecule has 0 bridgehead atoms. The number of terminal acetylenes is 1. The Hall–Kier alpha value is -3.55. The molecule has 0 aliphatic heterocycles. The maximum Gasteiger partial charge on any atom is 0.328 e. The van der Waals surface area contributed by atoms with Gasteiger partial charge in [-0.2, -0.15) is 0 Å². The fraction of sp³-hybridized carbons (Fsp3) is 0.207. The maximum absolute atomic E-state index is 15.3. The van der Waals surface area contributed by atoms with Crippen LogP contribution in [0.3, 0.4) is 0 Å². The Morgan fingerprint density at radius 3 is 2.44 bits per heavy atom. The predicted molar refractivity (Wildman–Crippen MR) is 136 cm³/mol. The van der Waals surface area contributed by atoms with E-state index in [1.54, 1.807) is 24.3 Å². The van der Waals surface area contributed by atoms with Crippen molar-refractivity contribution in [3.63, 3.8) is 0 Å². The highest BCUT2D eigenvalue weighted by Gasteiger charge is 2.24. The van der Waals surface area contributed by atoms with E-state index in [0.717, 1.165) is 28.3 Å². The monoisotopic (exact) mass is 476 g/mol. The lowest BCUT2D eigenvalue weighted by molar-refractivity contribution is -0.131. The fourth-order valence-electron chi connectivity index (χ4n) is 3.86. The number of rotatable bonds is 9. The first kappa shape index (κ1) is 25.1. The van der Waals surface area contributed by atoms with Crippen molar-refractivity contribution in [3.8, 4) is 18.1 Å². The summed E-state index contributed by atoms with van der Waals surface area (Å²) in [5.74, 6) is 1.34. The Bertz CT molecular complexity index is 1220. The number of carbonyl (C=O) groups is 1. The van der Waals surface area contributed by atoms with Crippen LogP contribution >= 0.6 is 11.6 Å². The zero-order valence-electron chi connectivity index (χ0n) is 18.9. The first-order chi connectivity index (χ1) is 16.3. The van der Waals surface area contributed by atoms with Crippen LogP contribution in [0.25, 0.3) is 11.1 Å². The quantitative estimate of drug-likeness (QED) is 0.169. The number of aliphatic carboxylic acids is 1. The number of allylic oxidation sites excluding steroid dienone is 7. The van der Waals surface area contributed by atoms with Gasteiger partial charge in [0.1, 0.15) is 11.6 Å². The molecule has 3 nitrogen and oxygen atoms in total. The molecule has 1 saturated carbocycles. The third-order valence-electron chi connectivity index (χ3n) is 5.64. The summed E-state index contributed by atoms with van der Waals surface area (Å²) in [7, 11) is 0. The molecule has 34 heavy (non-hydrogen) atoms. The molecule has 0 saturated heterocycles. The van der Waals surface area contributed by atoms with Gasteiger partial charge in [-0.3, -0.25) is 0 Å². The molecule has 1 aliphatic rings. The molecule has 174 valence electrons. The number of aromatic hydroxyl groups is 1. The standard InChI is InChI=1S/C29H26ClFO3/c1-3-5-19(6-15-29(33)34)16-23(31)18-27(21-9-12-24(32)13-10-21)25(4-2)26-14-11-22(17-28(26)30)20-7-8-20/h1,5-6,9-17,20,32H,4,7-8,18H2,2H3,(H,33,34)/b15-6+,19-5-,23-16+,27-25+. The third kappa shape index (κ3) is 6.73. The zero-order valence-corrected chi connectivity index (χ0v) is 19.6. The Balaban J connectivity index is 2.08. The molecule has 0 radical (unpaired) electrons. The maximum atomic E-state index is 15.3. The van der Waals surface area contributed by atoms with Gasteiger partial charge in [-0.25, -0.2) is 9.18 Å². The smallest absolute Gasteiger partial charge is 0.328 e. The second-order valence-corrected chi connectivity index (χ2v) is 8.53. The van der Waals surface area contributed by atoms with Gasteiger partial charge in [0.25, 0.3) is 0 Å². The lowest BCUT2D eigenvalue weighted by Crippen LogP contribution is -1.96. The van der Waals surface area contributed by atoms with Crippen LogP contribution in [0.1, 0.15) is 55.2 Å². The first-order valence-corrected chi connectivity index (χ1v) is 11.4. The molecule has 0 aromatic heterocycles. The lowest BCUT2D eigenvalue weighted by atomic mass is 9.89. The van der Waals surface area contributed by atoms with E-state index < -0.39 is 11.8 Å². The summed E-state index contributed by atoms with van der Waals surface area (Å²) in [5, 5.41) is 19.2. The van der Waals surface area contributed by atoms with Gasteiger partial charge in [0, 0.05) is 17.5 Å². The van der Waals surface area contributed by atoms with Gasteiger partial charge in [0.05, 0.1) is 0 Å². The topological polar surface area (TPSA) is 57.5 Å². The van der Waals surface area contributed by atoms with Gasteiger partial charge in [-0.15, -0.1) is 6.42 Å². The molecule has 0 atom stereocenters. The number of hydrogen-bond acceptors (Lipinski definition) is 2. The van der Waals surface area contributed by atoms with Crippen molar-refractivity contribution < 1.29 is 19.4 Å². The molecule has 0 spiro atoms. The van der Waals surface area contributed by atoms with E-state index in [9.17, 15) is 9.90 Å². The van der Waals surface area contributed by atoms with E-state index in [2.05, 4.69) is 12.0 Å². The fourth-order valence-corrected chi connectivity index (χ4v) is 4.16. The number of phenolic OH excluding ortho intramolecular Hbond substituents is 1. The zero-order chi connectivity index (χ0) is 24.7. The molecule has 1 aliphatic carbocycles. The average molecular weight is 477 g/mol. The van der Waals surface area contributed by atoms with Crippen LogP contribution in [0.4, 0.5) is 4.39 Å². The molecular formula is C29H26ClFO3. The van der Waals surface area contributed by atoms with Crippen molar-refractivity contribution >= 4 is 28.7 Å². The minimum atomic E-state index is -1.15. The van der Waals surface area contributed by atoms with Gasteiger partial charge in [0.15, 0.2) is 0 Å². The highest BCUT2D eigenvalue weighted by atomic mass is 35.5. The predicted octanol–water partition coefficient (Wildman–Crippen LogP) is 7.69. The molecule has 5 heteroatoms. The van der Waals surface area contributed by atoms with Crippen molar-refractivity contribution in [1.82, 2.24) is 0 Å². The van der Waals surface area contributed by atoms with Crippen LogP contribution < -0.4 is 0 Å². The number of carboxylic acid groups (broad SMARTS) is 1. The van der Waals surface area contributed by atoms with Gasteiger partial charge in [0.2, 0.25) is 0 Å². The highest BCUT2D eigenvalue weighted by molar-refractivity contribution is 6.32. The number of hydrogen-bond donors (Lipinski definition) is 2. The van der Waals surface area contributed by atoms with Crippen molar-refractivity contribution in [2.24, 2.45) is 0 Å². The molecule has 0 unspecified atom stereocenters. The van der Waals surface area contributed by atoms with Gasteiger partial charge in [-0.05, 0) is 95.0 Å². The lowest BCUT2D eigenvalue weighted by Gasteiger charge is -2.17. The van der Waals surface area contributed by atoms with Crippen LogP contribution in [-0.4, -0.2) is 16.2 Å². The SMILES string of the molecule is C#C/C=C(/C=C/C(=O)O)\C=C(\F)C/C(=C(/CC)c1ccc(C2CC2)cc1Cl)c1ccc(O)cc1. The van der Waals surface area contributed by atoms with Crippen LogP contribution in [0.15, 0.2) is 78.2 Å². The highest BCUT2D eigenvalue weighted by Crippen LogP contribution is 2.43. The normalized spacial score (nSPS) is 15.2. The van der Waals surface area contributed by atoms with E-state index in [1.807, 2.05) is 19.1 Å². The summed E-state index contributed by atoms with van der Waals surface area (Å²) < 4.78 is 15.3. The number of benzene rings is 2. The summed E-state index contributed by atoms with van der Waals surface area (Å²) in [6.45, 7) is 1.99. The Morgan fingerprint density at radius 1 is 1.18 bits per heavy atom. The molecular weight excluding hydrogens is 451 g/mol. The molecule has 0 heterocycles. The second kappa shape index (κ2) is 11.5. The van der Waals surface area contributed by atoms with E-state index in [0.29, 0.717) is 17.4 Å². The number of halogens is 2. The van der Waals surface area contributed by atoms with Crippen LogP contribution in [0.5, 0.6) is 5.75 Å². The summed E-state index contributed by atoms with van der Waals surface area (Å²) >= 11 is 6.69. The number of carboxylic acids is 1. The van der Waals surface area contributed by atoms with Gasteiger partial charge in [-0.1, -0.05) is 48.7 Å².